The summed E-state index contributed by atoms with van der Waals surface area (Å²) in [6.45, 7) is 6.46. The van der Waals surface area contributed by atoms with E-state index in [2.05, 4.69) is 93.7 Å². The third-order valence-corrected chi connectivity index (χ3v) is 15.2. The summed E-state index contributed by atoms with van der Waals surface area (Å²) < 4.78 is 16.8. The lowest BCUT2D eigenvalue weighted by atomic mass is 10.0. The van der Waals surface area contributed by atoms with Crippen molar-refractivity contribution >= 4 is 17.9 Å². The van der Waals surface area contributed by atoms with Crippen molar-refractivity contribution in [1.29, 1.82) is 0 Å². The lowest BCUT2D eigenvalue weighted by Crippen LogP contribution is -2.30. The molecule has 0 spiro atoms. The molecule has 0 aliphatic carbocycles. The van der Waals surface area contributed by atoms with Crippen molar-refractivity contribution in [3.8, 4) is 0 Å². The van der Waals surface area contributed by atoms with Crippen LogP contribution in [-0.4, -0.2) is 37.2 Å². The summed E-state index contributed by atoms with van der Waals surface area (Å²) >= 11 is 0. The van der Waals surface area contributed by atoms with Crippen LogP contribution in [0, 0.1) is 0 Å². The second kappa shape index (κ2) is 67.4. The molecule has 458 valence electrons. The molecule has 0 aliphatic heterocycles. The topological polar surface area (TPSA) is 78.9 Å². The zero-order valence-corrected chi connectivity index (χ0v) is 52.6. The van der Waals surface area contributed by atoms with Gasteiger partial charge in [0, 0.05) is 19.3 Å². The van der Waals surface area contributed by atoms with Gasteiger partial charge in [0.15, 0.2) is 6.10 Å². The van der Waals surface area contributed by atoms with Gasteiger partial charge in [-0.25, -0.2) is 0 Å². The lowest BCUT2D eigenvalue weighted by Gasteiger charge is -2.18. The molecule has 0 amide bonds. The average molecular weight is 1100 g/mol. The molecule has 0 saturated heterocycles. The Morgan fingerprint density at radius 3 is 0.772 bits per heavy atom. The Morgan fingerprint density at radius 1 is 0.266 bits per heavy atom. The minimum absolute atomic E-state index is 0.0834. The monoisotopic (exact) mass is 1100 g/mol. The number of hydrogen-bond acceptors (Lipinski definition) is 6. The van der Waals surface area contributed by atoms with Gasteiger partial charge in [0.05, 0.1) is 0 Å². The maximum absolute atomic E-state index is 12.8. The van der Waals surface area contributed by atoms with E-state index in [0.717, 1.165) is 116 Å². The van der Waals surface area contributed by atoms with Crippen LogP contribution in [-0.2, 0) is 28.6 Å². The molecular formula is C73H130O6. The first-order valence-electron chi connectivity index (χ1n) is 34.4. The molecule has 0 N–H and O–H groups in total. The predicted molar refractivity (Wildman–Crippen MR) is 344 cm³/mol. The number of rotatable bonds is 63. The largest absolute Gasteiger partial charge is 0.462 e. The van der Waals surface area contributed by atoms with Crippen LogP contribution in [0.2, 0.25) is 0 Å². The summed E-state index contributed by atoms with van der Waals surface area (Å²) in [6.07, 6.45) is 88.6. The van der Waals surface area contributed by atoms with Crippen LogP contribution in [0.5, 0.6) is 0 Å². The van der Waals surface area contributed by atoms with Crippen molar-refractivity contribution in [2.24, 2.45) is 0 Å². The van der Waals surface area contributed by atoms with Gasteiger partial charge in [0.2, 0.25) is 0 Å². The first kappa shape index (κ1) is 75.8. The van der Waals surface area contributed by atoms with E-state index in [1.807, 2.05) is 0 Å². The molecule has 1 unspecified atom stereocenters. The van der Waals surface area contributed by atoms with Crippen LogP contribution in [0.1, 0.15) is 355 Å². The number of ether oxygens (including phenoxy) is 3. The second-order valence-corrected chi connectivity index (χ2v) is 23.1. The number of unbranched alkanes of at least 4 members (excludes halogenated alkanes) is 40. The van der Waals surface area contributed by atoms with Crippen LogP contribution < -0.4 is 0 Å². The third kappa shape index (κ3) is 65.5. The van der Waals surface area contributed by atoms with Crippen molar-refractivity contribution in [3.63, 3.8) is 0 Å². The molecule has 0 bridgehead atoms. The molecular weight excluding hydrogens is 973 g/mol. The number of allylic oxidation sites excluding steroid dienone is 12. The van der Waals surface area contributed by atoms with Gasteiger partial charge in [-0.3, -0.25) is 14.4 Å². The molecule has 6 heteroatoms. The first-order chi connectivity index (χ1) is 39.0. The van der Waals surface area contributed by atoms with Crippen molar-refractivity contribution in [2.45, 2.75) is 361 Å². The van der Waals surface area contributed by atoms with Gasteiger partial charge < -0.3 is 14.2 Å². The molecule has 6 nitrogen and oxygen atoms in total. The summed E-state index contributed by atoms with van der Waals surface area (Å²) in [5.74, 6) is -0.909. The molecule has 1 atom stereocenters. The fourth-order valence-electron chi connectivity index (χ4n) is 10.1. The summed E-state index contributed by atoms with van der Waals surface area (Å²) in [6, 6.07) is 0. The maximum Gasteiger partial charge on any atom is 0.306 e. The Hall–Kier alpha value is -3.15. The van der Waals surface area contributed by atoms with E-state index in [4.69, 9.17) is 14.2 Å². The smallest absolute Gasteiger partial charge is 0.306 e. The minimum atomic E-state index is -0.785. The third-order valence-electron chi connectivity index (χ3n) is 15.2. The Balaban J connectivity index is 3.96. The van der Waals surface area contributed by atoms with E-state index in [-0.39, 0.29) is 31.1 Å². The summed E-state index contributed by atoms with van der Waals surface area (Å²) in [7, 11) is 0. The molecule has 0 radical (unpaired) electrons. The number of carbonyl (C=O) groups is 3. The SMILES string of the molecule is CC/C=C\C/C=C\C/C=C\C/C=C\C/C=C\C/C=C\CCCCCCC(=O)OC(COC(=O)CCCCCCC)COC(=O)CCCCCCCCCCCCCCCCCCCCCCCCCCCCCCCCCCC. The van der Waals surface area contributed by atoms with Gasteiger partial charge in [0.25, 0.3) is 0 Å². The van der Waals surface area contributed by atoms with E-state index in [9.17, 15) is 14.4 Å². The van der Waals surface area contributed by atoms with Crippen molar-refractivity contribution in [1.82, 2.24) is 0 Å². The Labute approximate surface area is 491 Å². The quantitative estimate of drug-likeness (QED) is 0.0261. The van der Waals surface area contributed by atoms with Crippen molar-refractivity contribution in [3.05, 3.63) is 72.9 Å². The highest BCUT2D eigenvalue weighted by atomic mass is 16.6. The maximum atomic E-state index is 12.8. The van der Waals surface area contributed by atoms with Gasteiger partial charge in [0.1, 0.15) is 13.2 Å². The molecule has 0 aromatic carbocycles. The summed E-state index contributed by atoms with van der Waals surface area (Å²) in [5, 5.41) is 0. The van der Waals surface area contributed by atoms with Crippen LogP contribution in [0.4, 0.5) is 0 Å². The Kier molecular flexibility index (Phi) is 64.7. The molecule has 0 aromatic rings. The van der Waals surface area contributed by atoms with E-state index >= 15 is 0 Å². The van der Waals surface area contributed by atoms with E-state index in [0.29, 0.717) is 19.3 Å². The minimum Gasteiger partial charge on any atom is -0.462 e. The van der Waals surface area contributed by atoms with Crippen LogP contribution >= 0.6 is 0 Å². The highest BCUT2D eigenvalue weighted by Crippen LogP contribution is 2.18. The molecule has 79 heavy (non-hydrogen) atoms. The van der Waals surface area contributed by atoms with Crippen molar-refractivity contribution in [2.75, 3.05) is 13.2 Å². The highest BCUT2D eigenvalue weighted by molar-refractivity contribution is 5.71. The molecule has 0 heterocycles. The van der Waals surface area contributed by atoms with Gasteiger partial charge in [-0.05, 0) is 70.6 Å². The van der Waals surface area contributed by atoms with Crippen LogP contribution in [0.15, 0.2) is 72.9 Å². The number of hydrogen-bond donors (Lipinski definition) is 0. The lowest BCUT2D eigenvalue weighted by molar-refractivity contribution is -0.167. The Bertz CT molecular complexity index is 1450. The first-order valence-corrected chi connectivity index (χ1v) is 34.4. The summed E-state index contributed by atoms with van der Waals surface area (Å²) in [5.41, 5.74) is 0. The van der Waals surface area contributed by atoms with Gasteiger partial charge in [-0.2, -0.15) is 0 Å². The zero-order chi connectivity index (χ0) is 57.1. The summed E-state index contributed by atoms with van der Waals surface area (Å²) in [4.78, 5) is 38.0. The number of carbonyl (C=O) groups excluding carboxylic acids is 3. The fourth-order valence-corrected chi connectivity index (χ4v) is 10.1. The fraction of sp³-hybridized carbons (Fsp3) is 0.795. The van der Waals surface area contributed by atoms with Gasteiger partial charge in [-0.15, -0.1) is 0 Å². The van der Waals surface area contributed by atoms with Crippen molar-refractivity contribution < 1.29 is 28.6 Å². The van der Waals surface area contributed by atoms with Crippen LogP contribution in [0.3, 0.4) is 0 Å². The van der Waals surface area contributed by atoms with Gasteiger partial charge in [-0.1, -0.05) is 338 Å². The van der Waals surface area contributed by atoms with E-state index < -0.39 is 6.10 Å². The van der Waals surface area contributed by atoms with Crippen LogP contribution in [0.25, 0.3) is 0 Å². The average Bonchev–Trinajstić information content (AvgIpc) is 3.45. The normalized spacial score (nSPS) is 12.5. The molecule has 0 aromatic heterocycles. The predicted octanol–water partition coefficient (Wildman–Crippen LogP) is 23.7. The number of esters is 3. The van der Waals surface area contributed by atoms with Gasteiger partial charge >= 0.3 is 17.9 Å². The molecule has 0 rings (SSSR count). The zero-order valence-electron chi connectivity index (χ0n) is 52.6. The second-order valence-electron chi connectivity index (χ2n) is 23.1. The molecule has 0 saturated carbocycles. The highest BCUT2D eigenvalue weighted by Gasteiger charge is 2.19. The van der Waals surface area contributed by atoms with E-state index in [1.54, 1.807) is 0 Å². The van der Waals surface area contributed by atoms with E-state index in [1.165, 1.54) is 199 Å². The Morgan fingerprint density at radius 2 is 0.494 bits per heavy atom. The standard InChI is InChI=1S/C73H130O6/c1-4-7-10-13-15-17-19-21-23-25-27-29-31-32-33-34-35-36-37-38-39-40-42-43-45-47-49-51-53-55-57-60-63-66-72(75)78-69-70(68-77-71(74)65-62-59-12-9-6-3)79-73(76)67-64-61-58-56-54-52-50-48-46-44-41-30-28-26-24-22-20-18-16-14-11-8-5-2/h8,11,16,18,22,24,28,30,44,46,50,52,70H,4-7,9-10,12-15,17,19-21,23,25-27,29,31-43,45,47-49,51,53-69H2,1-3H3/b11-8-,18-16-,24-22-,30-28-,46-44-,52-50-. The molecule has 0 fully saturated rings. The molecule has 0 aliphatic rings.